The number of amides is 7. The summed E-state index contributed by atoms with van der Waals surface area (Å²) in [7, 11) is 0. The summed E-state index contributed by atoms with van der Waals surface area (Å²) in [6.07, 6.45) is 13.6. The number of aromatic nitrogens is 1. The van der Waals surface area contributed by atoms with Gasteiger partial charge in [0.1, 0.15) is 48.5 Å². The van der Waals surface area contributed by atoms with E-state index in [1.165, 1.54) is 0 Å². The second kappa shape index (κ2) is 22.3. The number of H-pyrrole nitrogens is 1. The molecule has 0 saturated carbocycles. The first-order chi connectivity index (χ1) is 35.1. The lowest BCUT2D eigenvalue weighted by Gasteiger charge is -2.36. The Bertz CT molecular complexity index is 2790. The number of aliphatic hydroxyl groups is 2. The molecule has 5 aliphatic heterocycles. The predicted octanol–water partition coefficient (Wildman–Crippen LogP) is -7.13. The second-order valence-corrected chi connectivity index (χ2v) is 18.7. The number of aliphatic carboxylic acids is 1. The lowest BCUT2D eigenvalue weighted by atomic mass is 9.78. The normalized spacial score (nSPS) is 28.6. The molecule has 0 radical (unpaired) electrons. The van der Waals surface area contributed by atoms with Crippen LogP contribution in [0.15, 0.2) is 101 Å². The van der Waals surface area contributed by atoms with E-state index in [0.29, 0.717) is 35.4 Å². The average Bonchev–Trinajstić information content (AvgIpc) is 4.11. The molecule has 2 aromatic rings. The summed E-state index contributed by atoms with van der Waals surface area (Å²) in [5, 5.41) is 50.8. The molecule has 1 aromatic heterocycles. The van der Waals surface area contributed by atoms with Crippen LogP contribution in [0.1, 0.15) is 31.2 Å². The first kappa shape index (κ1) is 51.6. The Kier molecular flexibility index (Phi) is 15.8. The van der Waals surface area contributed by atoms with Crippen LogP contribution in [-0.4, -0.2) is 154 Å². The molecule has 2 aliphatic carbocycles. The van der Waals surface area contributed by atoms with Gasteiger partial charge >= 0.3 is 5.97 Å². The molecule has 9 rings (SSSR count). The molecule has 2 unspecified atom stereocenters. The smallest absolute Gasteiger partial charge is 0.326 e. The molecule has 1 aromatic carbocycles. The Labute approximate surface area is 417 Å². The van der Waals surface area contributed by atoms with Gasteiger partial charge in [0.25, 0.3) is 5.91 Å². The largest absolute Gasteiger partial charge is 0.480 e. The minimum atomic E-state index is -1.80. The molecule has 7 aliphatic rings. The monoisotopic (exact) mass is 1010 g/mol. The lowest BCUT2D eigenvalue weighted by molar-refractivity contribution is -0.403. The van der Waals surface area contributed by atoms with Gasteiger partial charge in [0.05, 0.1) is 43.4 Å². The van der Waals surface area contributed by atoms with Gasteiger partial charge in [-0.2, -0.15) is 0 Å². The number of carboxylic acids is 1. The Morgan fingerprint density at radius 2 is 1.70 bits per heavy atom. The third kappa shape index (κ3) is 11.2. The second-order valence-electron chi connectivity index (χ2n) is 18.7. The molecule has 24 heteroatoms. The number of nitrogens with one attached hydrogen (secondary N) is 9. The Morgan fingerprint density at radius 1 is 0.932 bits per heavy atom. The van der Waals surface area contributed by atoms with Crippen molar-refractivity contribution in [2.24, 2.45) is 17.6 Å². The van der Waals surface area contributed by atoms with Gasteiger partial charge in [-0.3, -0.25) is 33.6 Å². The van der Waals surface area contributed by atoms with Gasteiger partial charge in [-0.15, -0.1) is 0 Å². The standard InChI is InChI=1S/C49H58N12O12/c50-12-4-7-26-22-10-11-28-29(19-54-32(28)14-22)42-41(61-44(66)33(16-38(52)64)56-43(65)30(51)13-23-18-55-39-27(23)6-3-9-37(39)73-42)48(70)59-36(21-63)46(68)60-40(26)47(69)58-35(20-62)45(67)57-34(49(71)72)15-24-17-53-31-8-2-1-5-25(24)31/h1-3,5-6,8-11,14,17-19,22,26,30,33-37,39-42,53,55,62-63H,4,7,12-13,15-16,20-21,50-51H2,(H2,52,64)(H,56,65)(H,57,67)(H,58,69)(H,59,70)(H,60,68)(H,61,66)(H,71,72)/p+3/t22-,26?,30+,33+,34+,35+,36+,37-,39?,40+,41+,42-/m1/s1. The molecular weight excluding hydrogens is 949 g/mol. The van der Waals surface area contributed by atoms with Crippen molar-refractivity contribution < 1.29 is 74.9 Å². The maximum atomic E-state index is 14.9. The summed E-state index contributed by atoms with van der Waals surface area (Å²) in [5.41, 5.74) is 17.8. The maximum absolute atomic E-state index is 14.9. The number of quaternary nitrogens is 2. The van der Waals surface area contributed by atoms with Gasteiger partial charge in [-0.25, -0.2) is 9.79 Å². The number of carboxylic acid groups (broad SMARTS) is 1. The predicted molar refractivity (Wildman–Crippen MR) is 257 cm³/mol. The van der Waals surface area contributed by atoms with E-state index in [2.05, 4.69) is 58.7 Å². The van der Waals surface area contributed by atoms with Crippen molar-refractivity contribution in [2.75, 3.05) is 19.8 Å². The fraction of sp³-hybridized carbons (Fsp3) is 0.408. The Balaban J connectivity index is 1.14. The molecule has 6 heterocycles. The zero-order valence-electron chi connectivity index (χ0n) is 39.6. The number of rotatable bonds is 14. The van der Waals surface area contributed by atoms with Crippen molar-refractivity contribution in [3.05, 3.63) is 107 Å². The number of hydrogen-bond acceptors (Lipinski definition) is 12. The van der Waals surface area contributed by atoms with Gasteiger partial charge in [0.2, 0.25) is 41.1 Å². The SMILES string of the molecule is NC(=O)C[C@@H]1NC(=O)[C@@H]([NH3+])CC2=CNC3C2=CC=C[C@H]3O[C@@H]2C3=C4C=C[C@H](C=C4[NH+]=C3)C(CCC[NH3+])[C@@H](C(=O)N[C@@H](CO)C(=O)N[C@@H](Cc3c[nH]c4ccccc34)C(=O)O)NC(=O)[C@H](CO)NC(=O)[C@H]2NC1=O. The first-order valence-corrected chi connectivity index (χ1v) is 24.0. The quantitative estimate of drug-likeness (QED) is 0.0838. The summed E-state index contributed by atoms with van der Waals surface area (Å²) in [5.74, 6) is -9.54. The minimum absolute atomic E-state index is 0.144. The molecule has 1 saturated heterocycles. The first-order valence-electron chi connectivity index (χ1n) is 24.0. The van der Waals surface area contributed by atoms with E-state index < -0.39 is 139 Å². The van der Waals surface area contributed by atoms with Crippen LogP contribution in [0.5, 0.6) is 0 Å². The molecule has 73 heavy (non-hydrogen) atoms. The van der Waals surface area contributed by atoms with Crippen LogP contribution in [0.2, 0.25) is 0 Å². The van der Waals surface area contributed by atoms with Gasteiger partial charge < -0.3 is 79.5 Å². The van der Waals surface area contributed by atoms with Crippen molar-refractivity contribution in [3.8, 4) is 0 Å². The number of hydrogen-bond donors (Lipinski definition) is 15. The zero-order valence-corrected chi connectivity index (χ0v) is 39.6. The van der Waals surface area contributed by atoms with E-state index in [9.17, 15) is 53.7 Å². The molecule has 24 nitrogen and oxygen atoms in total. The highest BCUT2D eigenvalue weighted by molar-refractivity contribution is 5.99. The van der Waals surface area contributed by atoms with Crippen molar-refractivity contribution >= 4 is 64.4 Å². The van der Waals surface area contributed by atoms with Crippen LogP contribution < -0.4 is 59.4 Å². The van der Waals surface area contributed by atoms with E-state index in [4.69, 9.17) is 10.5 Å². The highest BCUT2D eigenvalue weighted by Crippen LogP contribution is 2.36. The van der Waals surface area contributed by atoms with Crippen molar-refractivity contribution in [1.29, 1.82) is 0 Å². The van der Waals surface area contributed by atoms with Crippen LogP contribution in [0.25, 0.3) is 10.9 Å². The number of aliphatic hydroxyl groups excluding tert-OH is 2. The molecular formula is C49H61N12O12+3. The average molecular weight is 1010 g/mol. The topological polar surface area (TPSA) is 402 Å². The van der Waals surface area contributed by atoms with E-state index in [1.807, 2.05) is 18.2 Å². The van der Waals surface area contributed by atoms with Crippen LogP contribution in [0, 0.1) is 11.8 Å². The Hall–Kier alpha value is -7.77. The number of fused-ring (bicyclic) bond motifs is 7. The summed E-state index contributed by atoms with van der Waals surface area (Å²) < 4.78 is 6.89. The highest BCUT2D eigenvalue weighted by Gasteiger charge is 2.47. The van der Waals surface area contributed by atoms with Crippen LogP contribution in [0.3, 0.4) is 0 Å². The third-order valence-electron chi connectivity index (χ3n) is 13.9. The van der Waals surface area contributed by atoms with E-state index in [-0.39, 0.29) is 19.3 Å². The van der Waals surface area contributed by atoms with Crippen molar-refractivity contribution in [1.82, 2.24) is 42.2 Å². The lowest BCUT2D eigenvalue weighted by Crippen LogP contribution is -2.69. The van der Waals surface area contributed by atoms with Gasteiger partial charge in [-0.1, -0.05) is 48.6 Å². The number of para-hydroxylation sites is 1. The fourth-order valence-electron chi connectivity index (χ4n) is 10.1. The van der Waals surface area contributed by atoms with Gasteiger partial charge in [0.15, 0.2) is 12.3 Å². The van der Waals surface area contributed by atoms with Crippen molar-refractivity contribution in [3.63, 3.8) is 0 Å². The zero-order chi connectivity index (χ0) is 52.1. The van der Waals surface area contributed by atoms with E-state index in [1.54, 1.807) is 61.1 Å². The molecule has 386 valence electrons. The van der Waals surface area contributed by atoms with Crippen LogP contribution >= 0.6 is 0 Å². The maximum Gasteiger partial charge on any atom is 0.326 e. The van der Waals surface area contributed by atoms with Gasteiger partial charge in [-0.05, 0) is 47.6 Å². The number of ether oxygens (including phenoxy) is 1. The molecule has 0 spiro atoms. The summed E-state index contributed by atoms with van der Waals surface area (Å²) >= 11 is 0. The molecule has 8 bridgehead atoms. The number of benzene rings is 1. The van der Waals surface area contributed by atoms with Crippen molar-refractivity contribution in [2.45, 2.75) is 92.6 Å². The van der Waals surface area contributed by atoms with Gasteiger partial charge in [0, 0.05) is 42.1 Å². The fourth-order valence-corrected chi connectivity index (χ4v) is 10.1. The summed E-state index contributed by atoms with van der Waals surface area (Å²) in [6.45, 7) is -1.58. The van der Waals surface area contributed by atoms with E-state index in [0.717, 1.165) is 22.0 Å². The number of nitrogens with two attached hydrogens (primary N) is 1. The number of aromatic amines is 1. The number of carbonyl (C=O) groups excluding carboxylic acids is 7. The molecule has 1 fully saturated rings. The van der Waals surface area contributed by atoms with Crippen LogP contribution in [0.4, 0.5) is 0 Å². The number of carbonyl (C=O) groups is 8. The summed E-state index contributed by atoms with van der Waals surface area (Å²) in [4.78, 5) is 117. The molecule has 7 amide bonds. The number of allylic oxidation sites excluding steroid dienone is 5. The Morgan fingerprint density at radius 3 is 2.44 bits per heavy atom. The van der Waals surface area contributed by atoms with E-state index >= 15 is 0 Å². The highest BCUT2D eigenvalue weighted by atomic mass is 16.5. The van der Waals surface area contributed by atoms with Crippen LogP contribution in [-0.2, 0) is 49.5 Å². The summed E-state index contributed by atoms with van der Waals surface area (Å²) in [6, 6.07) is -4.14. The third-order valence-corrected chi connectivity index (χ3v) is 13.9. The molecule has 12 atom stereocenters. The molecule has 20 N–H and O–H groups in total. The number of primary amides is 1. The minimum Gasteiger partial charge on any atom is -0.480 e.